The van der Waals surface area contributed by atoms with Gasteiger partial charge in [-0.05, 0) is 0 Å². The Hall–Kier alpha value is -1.64. The predicted molar refractivity (Wildman–Crippen MR) is 46.1 cm³/mol. The molecule has 0 aliphatic heterocycles. The lowest BCUT2D eigenvalue weighted by atomic mass is 10.1. The lowest BCUT2D eigenvalue weighted by Crippen LogP contribution is -1.98. The number of carbonyl (C=O) groups is 1. The average molecular weight is 160 g/mol. The lowest BCUT2D eigenvalue weighted by Gasteiger charge is -1.94. The van der Waals surface area contributed by atoms with E-state index < -0.39 is 0 Å². The number of nitrogens with two attached hydrogens (primary N) is 1. The Kier molecular flexibility index (Phi) is 1.43. The van der Waals surface area contributed by atoms with Crippen LogP contribution in [0.25, 0.3) is 0 Å². The molecule has 1 aromatic rings. The van der Waals surface area contributed by atoms with Gasteiger partial charge in [-0.1, -0.05) is 24.3 Å². The van der Waals surface area contributed by atoms with Crippen LogP contribution in [0.2, 0.25) is 0 Å². The summed E-state index contributed by atoms with van der Waals surface area (Å²) in [6, 6.07) is 7.39. The van der Waals surface area contributed by atoms with Crippen molar-refractivity contribution in [2.45, 2.75) is 6.42 Å². The van der Waals surface area contributed by atoms with Crippen LogP contribution in [0.3, 0.4) is 0 Å². The molecule has 0 aromatic heterocycles. The molecule has 1 aliphatic rings. The number of ketones is 1. The summed E-state index contributed by atoms with van der Waals surface area (Å²) in [5.41, 5.74) is 2.31. The van der Waals surface area contributed by atoms with Crippen molar-refractivity contribution in [1.82, 2.24) is 0 Å². The van der Waals surface area contributed by atoms with E-state index in [1.54, 1.807) is 6.07 Å². The van der Waals surface area contributed by atoms with Crippen LogP contribution < -0.4 is 5.84 Å². The molecule has 60 valence electrons. The molecule has 0 bridgehead atoms. The third-order valence-corrected chi connectivity index (χ3v) is 2.02. The van der Waals surface area contributed by atoms with Crippen molar-refractivity contribution >= 4 is 11.5 Å². The second kappa shape index (κ2) is 2.44. The summed E-state index contributed by atoms with van der Waals surface area (Å²) in [5.74, 6) is 5.25. The minimum atomic E-state index is 0.106. The molecule has 0 spiro atoms. The number of fused-ring (bicyclic) bond motifs is 1. The largest absolute Gasteiger partial charge is 0.323 e. The quantitative estimate of drug-likeness (QED) is 0.453. The van der Waals surface area contributed by atoms with Gasteiger partial charge in [-0.2, -0.15) is 5.10 Å². The molecular formula is C9H8N2O. The zero-order chi connectivity index (χ0) is 8.55. The lowest BCUT2D eigenvalue weighted by molar-refractivity contribution is 0.101. The van der Waals surface area contributed by atoms with Gasteiger partial charge >= 0.3 is 0 Å². The number of carbonyl (C=O) groups excluding carboxylic acids is 1. The van der Waals surface area contributed by atoms with E-state index >= 15 is 0 Å². The Bertz CT molecular complexity index is 369. The number of hydrogen-bond donors (Lipinski definition) is 1. The highest BCUT2D eigenvalue weighted by Gasteiger charge is 2.24. The van der Waals surface area contributed by atoms with Gasteiger partial charge < -0.3 is 5.84 Å². The van der Waals surface area contributed by atoms with E-state index in [0.29, 0.717) is 12.1 Å². The van der Waals surface area contributed by atoms with Gasteiger partial charge in [0.1, 0.15) is 0 Å². The Labute approximate surface area is 69.9 Å². The summed E-state index contributed by atoms with van der Waals surface area (Å²) in [6.45, 7) is 0. The van der Waals surface area contributed by atoms with E-state index in [0.717, 1.165) is 11.1 Å². The Morgan fingerprint density at radius 2 is 1.92 bits per heavy atom. The van der Waals surface area contributed by atoms with Crippen LogP contribution >= 0.6 is 0 Å². The molecule has 0 radical (unpaired) electrons. The zero-order valence-corrected chi connectivity index (χ0v) is 6.45. The molecule has 3 heteroatoms. The van der Waals surface area contributed by atoms with E-state index in [-0.39, 0.29) is 5.78 Å². The number of hydrazone groups is 1. The third kappa shape index (κ3) is 0.830. The maximum absolute atomic E-state index is 11.3. The van der Waals surface area contributed by atoms with Gasteiger partial charge in [-0.15, -0.1) is 0 Å². The van der Waals surface area contributed by atoms with Crippen molar-refractivity contribution in [2.24, 2.45) is 10.9 Å². The van der Waals surface area contributed by atoms with Crippen LogP contribution in [0.4, 0.5) is 0 Å². The minimum Gasteiger partial charge on any atom is -0.323 e. The number of hydrogen-bond acceptors (Lipinski definition) is 3. The van der Waals surface area contributed by atoms with Crippen LogP contribution in [0.1, 0.15) is 22.3 Å². The van der Waals surface area contributed by atoms with Gasteiger partial charge in [0, 0.05) is 11.1 Å². The van der Waals surface area contributed by atoms with Crippen LogP contribution in [-0.4, -0.2) is 11.5 Å². The van der Waals surface area contributed by atoms with Gasteiger partial charge in [0.2, 0.25) is 0 Å². The van der Waals surface area contributed by atoms with Crippen LogP contribution in [0.15, 0.2) is 29.4 Å². The highest BCUT2D eigenvalue weighted by molar-refractivity contribution is 6.26. The summed E-state index contributed by atoms with van der Waals surface area (Å²) >= 11 is 0. The second-order valence-corrected chi connectivity index (χ2v) is 2.72. The molecule has 3 nitrogen and oxygen atoms in total. The van der Waals surface area contributed by atoms with Crippen molar-refractivity contribution < 1.29 is 4.79 Å². The molecule has 0 heterocycles. The molecule has 1 aromatic carbocycles. The van der Waals surface area contributed by atoms with E-state index in [4.69, 9.17) is 5.84 Å². The first-order valence-corrected chi connectivity index (χ1v) is 3.72. The summed E-state index contributed by atoms with van der Waals surface area (Å²) in [4.78, 5) is 11.3. The standard InChI is InChI=1S/C9H8N2O/c10-11-8-5-9(12)7-4-2-1-3-6(7)8/h1-4H,5,10H2/b11-8+. The van der Waals surface area contributed by atoms with E-state index in [1.807, 2.05) is 18.2 Å². The molecule has 2 N–H and O–H groups in total. The fourth-order valence-electron chi connectivity index (χ4n) is 1.44. The molecule has 0 atom stereocenters. The molecular weight excluding hydrogens is 152 g/mol. The molecule has 0 unspecified atom stereocenters. The summed E-state index contributed by atoms with van der Waals surface area (Å²) in [7, 11) is 0. The van der Waals surface area contributed by atoms with Gasteiger partial charge in [0.15, 0.2) is 5.78 Å². The van der Waals surface area contributed by atoms with Crippen molar-refractivity contribution in [3.8, 4) is 0 Å². The van der Waals surface area contributed by atoms with E-state index in [9.17, 15) is 4.79 Å². The van der Waals surface area contributed by atoms with E-state index in [2.05, 4.69) is 5.10 Å². The molecule has 2 rings (SSSR count). The predicted octanol–water partition coefficient (Wildman–Crippen LogP) is 0.936. The fourth-order valence-corrected chi connectivity index (χ4v) is 1.44. The average Bonchev–Trinajstić information content (AvgIpc) is 2.44. The monoisotopic (exact) mass is 160 g/mol. The molecule has 0 amide bonds. The summed E-state index contributed by atoms with van der Waals surface area (Å²) < 4.78 is 0. The van der Waals surface area contributed by atoms with Gasteiger partial charge in [0.05, 0.1) is 12.1 Å². The van der Waals surface area contributed by atoms with Crippen LogP contribution in [0, 0.1) is 0 Å². The fraction of sp³-hybridized carbons (Fsp3) is 0.111. The number of Topliss-reactive ketones (excluding diaryl/α,β-unsaturated/α-hetero) is 1. The Morgan fingerprint density at radius 3 is 2.58 bits per heavy atom. The van der Waals surface area contributed by atoms with Gasteiger partial charge in [0.25, 0.3) is 0 Å². The molecule has 0 saturated carbocycles. The molecule has 12 heavy (non-hydrogen) atoms. The maximum Gasteiger partial charge on any atom is 0.169 e. The first-order valence-electron chi connectivity index (χ1n) is 3.72. The van der Waals surface area contributed by atoms with E-state index in [1.165, 1.54) is 0 Å². The van der Waals surface area contributed by atoms with Crippen molar-refractivity contribution in [3.63, 3.8) is 0 Å². The first kappa shape index (κ1) is 7.03. The van der Waals surface area contributed by atoms with Gasteiger partial charge in [-0.3, -0.25) is 4.79 Å². The third-order valence-electron chi connectivity index (χ3n) is 2.02. The zero-order valence-electron chi connectivity index (χ0n) is 6.45. The minimum absolute atomic E-state index is 0.106. The van der Waals surface area contributed by atoms with Gasteiger partial charge in [-0.25, -0.2) is 0 Å². The van der Waals surface area contributed by atoms with Crippen LogP contribution in [0.5, 0.6) is 0 Å². The highest BCUT2D eigenvalue weighted by atomic mass is 16.1. The van der Waals surface area contributed by atoms with Crippen LogP contribution in [-0.2, 0) is 0 Å². The number of nitrogens with zero attached hydrogens (tertiary/aromatic N) is 1. The van der Waals surface area contributed by atoms with Crippen molar-refractivity contribution in [3.05, 3.63) is 35.4 Å². The Morgan fingerprint density at radius 1 is 1.25 bits per heavy atom. The maximum atomic E-state index is 11.3. The highest BCUT2D eigenvalue weighted by Crippen LogP contribution is 2.21. The topological polar surface area (TPSA) is 55.4 Å². The smallest absolute Gasteiger partial charge is 0.169 e. The van der Waals surface area contributed by atoms with Crippen molar-refractivity contribution in [1.29, 1.82) is 0 Å². The number of benzene rings is 1. The Balaban J connectivity index is 2.65. The molecule has 1 aliphatic carbocycles. The second-order valence-electron chi connectivity index (χ2n) is 2.72. The molecule has 0 saturated heterocycles. The SMILES string of the molecule is N/N=C1\CC(=O)c2ccccc21. The summed E-state index contributed by atoms with van der Waals surface area (Å²) in [6.07, 6.45) is 0.343. The normalized spacial score (nSPS) is 18.3. The first-order chi connectivity index (χ1) is 5.83. The number of rotatable bonds is 0. The van der Waals surface area contributed by atoms with Crippen molar-refractivity contribution in [2.75, 3.05) is 0 Å². The molecule has 0 fully saturated rings. The summed E-state index contributed by atoms with van der Waals surface area (Å²) in [5, 5.41) is 3.58.